The van der Waals surface area contributed by atoms with Gasteiger partial charge >= 0.3 is 6.36 Å². The maximum atomic E-state index is 12.8. The molecule has 1 saturated heterocycles. The van der Waals surface area contributed by atoms with Crippen LogP contribution < -0.4 is 4.74 Å². The van der Waals surface area contributed by atoms with E-state index in [9.17, 15) is 18.3 Å². The van der Waals surface area contributed by atoms with Gasteiger partial charge in [-0.15, -0.1) is 38.0 Å². The molecule has 1 heterocycles. The predicted molar refractivity (Wildman–Crippen MR) is 141 cm³/mol. The molecule has 4 atom stereocenters. The molecule has 0 amide bonds. The second kappa shape index (κ2) is 13.9. The number of hydrogen-bond acceptors (Lipinski definition) is 4. The first-order valence-electron chi connectivity index (χ1n) is 12.4. The van der Waals surface area contributed by atoms with E-state index < -0.39 is 12.5 Å². The summed E-state index contributed by atoms with van der Waals surface area (Å²) in [5.41, 5.74) is 2.12. The van der Waals surface area contributed by atoms with Crippen molar-refractivity contribution in [3.63, 3.8) is 0 Å². The number of alkyl halides is 3. The Kier molecular flexibility index (Phi) is 11.8. The van der Waals surface area contributed by atoms with Crippen LogP contribution in [-0.4, -0.2) is 60.1 Å². The highest BCUT2D eigenvalue weighted by Crippen LogP contribution is 2.39. The monoisotopic (exact) mass is 548 g/mol. The minimum Gasteiger partial charge on any atom is -0.406 e. The molecule has 2 aromatic rings. The quantitative estimate of drug-likeness (QED) is 0.431. The lowest BCUT2D eigenvalue weighted by atomic mass is 9.74. The topological polar surface area (TPSA) is 35.9 Å². The van der Waals surface area contributed by atoms with Crippen molar-refractivity contribution in [1.29, 1.82) is 0 Å². The highest BCUT2D eigenvalue weighted by molar-refractivity contribution is 5.85. The maximum Gasteiger partial charge on any atom is 0.573 e. The first-order chi connectivity index (χ1) is 16.3. The number of hydrogen-bond donors (Lipinski definition) is 1. The molecule has 2 aliphatic rings. The van der Waals surface area contributed by atoms with Crippen molar-refractivity contribution in [3.05, 3.63) is 65.7 Å². The summed E-state index contributed by atoms with van der Waals surface area (Å²) in [6.45, 7) is 6.63. The third-order valence-electron chi connectivity index (χ3n) is 7.51. The molecule has 1 aliphatic carbocycles. The fourth-order valence-electron chi connectivity index (χ4n) is 5.59. The van der Waals surface area contributed by atoms with E-state index in [1.165, 1.54) is 17.7 Å². The average molecular weight is 550 g/mol. The van der Waals surface area contributed by atoms with Crippen LogP contribution in [0.4, 0.5) is 13.2 Å². The van der Waals surface area contributed by atoms with Gasteiger partial charge < -0.3 is 14.7 Å². The van der Waals surface area contributed by atoms with Gasteiger partial charge in [-0.25, -0.2) is 0 Å². The Hall–Kier alpha value is -1.51. The van der Waals surface area contributed by atoms with Gasteiger partial charge in [-0.05, 0) is 48.9 Å². The zero-order valence-electron chi connectivity index (χ0n) is 20.6. The van der Waals surface area contributed by atoms with Crippen LogP contribution in [0.5, 0.6) is 5.75 Å². The Bertz CT molecular complexity index is 911. The Morgan fingerprint density at radius 3 is 2.19 bits per heavy atom. The van der Waals surface area contributed by atoms with E-state index in [0.717, 1.165) is 64.0 Å². The van der Waals surface area contributed by atoms with E-state index in [0.29, 0.717) is 6.04 Å². The first-order valence-corrected chi connectivity index (χ1v) is 12.4. The highest BCUT2D eigenvalue weighted by atomic mass is 35.5. The lowest BCUT2D eigenvalue weighted by Gasteiger charge is -2.42. The Morgan fingerprint density at radius 1 is 0.917 bits per heavy atom. The smallest absolute Gasteiger partial charge is 0.406 e. The van der Waals surface area contributed by atoms with E-state index in [1.54, 1.807) is 6.07 Å². The van der Waals surface area contributed by atoms with Crippen LogP contribution in [0.1, 0.15) is 55.7 Å². The zero-order valence-corrected chi connectivity index (χ0v) is 22.2. The lowest BCUT2D eigenvalue weighted by molar-refractivity contribution is -0.274. The lowest BCUT2D eigenvalue weighted by Crippen LogP contribution is -2.49. The summed E-state index contributed by atoms with van der Waals surface area (Å²) in [4.78, 5) is 4.88. The number of benzene rings is 2. The molecule has 2 fully saturated rings. The molecule has 1 N–H and O–H groups in total. The van der Waals surface area contributed by atoms with Crippen LogP contribution in [0.2, 0.25) is 0 Å². The van der Waals surface area contributed by atoms with Crippen molar-refractivity contribution >= 4 is 24.8 Å². The van der Waals surface area contributed by atoms with Crippen molar-refractivity contribution in [3.8, 4) is 5.75 Å². The summed E-state index contributed by atoms with van der Waals surface area (Å²) in [6.07, 6.45) is -1.46. The molecular formula is C27H37Cl2F3N2O2. The van der Waals surface area contributed by atoms with E-state index in [1.807, 2.05) is 12.1 Å². The number of ether oxygens (including phenoxy) is 1. The summed E-state index contributed by atoms with van der Waals surface area (Å²) < 4.78 is 42.6. The van der Waals surface area contributed by atoms with Gasteiger partial charge in [0.15, 0.2) is 0 Å². The molecular weight excluding hydrogens is 512 g/mol. The Labute approximate surface area is 224 Å². The molecule has 202 valence electrons. The summed E-state index contributed by atoms with van der Waals surface area (Å²) >= 11 is 0. The SMILES string of the molecule is C[C@H](c1ccccc1)N1CCN(CC(c2cccc(OC(F)(F)F)c2)[C@@H]2CCCCC2O)CC1.Cl.Cl. The fraction of sp³-hybridized carbons (Fsp3) is 0.556. The molecule has 0 spiro atoms. The first kappa shape index (κ1) is 30.7. The van der Waals surface area contributed by atoms with E-state index in [2.05, 4.69) is 45.7 Å². The number of piperazine rings is 1. The standard InChI is InChI=1S/C27H35F3N2O2.2ClH/c1-20(21-8-3-2-4-9-21)32-16-14-31(15-17-32)19-25(24-12-5-6-13-26(24)33)22-10-7-11-23(18-22)34-27(28,29)30;;/h2-4,7-11,18,20,24-26,33H,5-6,12-17,19H2,1H3;2*1H/t20-,24+,25?,26?;;/m1../s1. The van der Waals surface area contributed by atoms with Gasteiger partial charge in [-0.3, -0.25) is 4.90 Å². The van der Waals surface area contributed by atoms with Crippen molar-refractivity contribution in [1.82, 2.24) is 9.80 Å². The van der Waals surface area contributed by atoms with Crippen molar-refractivity contribution in [2.45, 2.75) is 57.0 Å². The number of halogens is 5. The molecule has 4 nitrogen and oxygen atoms in total. The molecule has 1 aliphatic heterocycles. The molecule has 2 aromatic carbocycles. The number of nitrogens with zero attached hydrogens (tertiary/aromatic N) is 2. The van der Waals surface area contributed by atoms with Crippen molar-refractivity contribution < 1.29 is 23.0 Å². The second-order valence-electron chi connectivity index (χ2n) is 9.67. The van der Waals surface area contributed by atoms with Gasteiger partial charge in [0, 0.05) is 44.7 Å². The third-order valence-corrected chi connectivity index (χ3v) is 7.51. The van der Waals surface area contributed by atoms with Gasteiger partial charge in [-0.1, -0.05) is 55.3 Å². The largest absolute Gasteiger partial charge is 0.573 e. The van der Waals surface area contributed by atoms with Gasteiger partial charge in [0.1, 0.15) is 5.75 Å². The van der Waals surface area contributed by atoms with Crippen LogP contribution >= 0.6 is 24.8 Å². The minimum atomic E-state index is -4.72. The summed E-state index contributed by atoms with van der Waals surface area (Å²) in [5.74, 6) is -0.192. The second-order valence-corrected chi connectivity index (χ2v) is 9.67. The van der Waals surface area contributed by atoms with Crippen molar-refractivity contribution in [2.24, 2.45) is 5.92 Å². The molecule has 2 unspecified atom stereocenters. The van der Waals surface area contributed by atoms with Crippen LogP contribution in [0.15, 0.2) is 54.6 Å². The molecule has 0 aromatic heterocycles. The average Bonchev–Trinajstić information content (AvgIpc) is 2.83. The van der Waals surface area contributed by atoms with E-state index in [4.69, 9.17) is 0 Å². The molecule has 0 bridgehead atoms. The third kappa shape index (κ3) is 8.25. The normalized spacial score (nSPS) is 23.1. The van der Waals surface area contributed by atoms with Crippen LogP contribution in [-0.2, 0) is 0 Å². The van der Waals surface area contributed by atoms with E-state index >= 15 is 0 Å². The molecule has 4 rings (SSSR count). The summed E-state index contributed by atoms with van der Waals surface area (Å²) in [6, 6.07) is 17.2. The number of rotatable bonds is 7. The van der Waals surface area contributed by atoms with Gasteiger partial charge in [0.2, 0.25) is 0 Å². The molecule has 1 saturated carbocycles. The molecule has 0 radical (unpaired) electrons. The Morgan fingerprint density at radius 2 is 1.56 bits per heavy atom. The van der Waals surface area contributed by atoms with Crippen LogP contribution in [0.3, 0.4) is 0 Å². The summed E-state index contributed by atoms with van der Waals surface area (Å²) in [7, 11) is 0. The van der Waals surface area contributed by atoms with Gasteiger partial charge in [-0.2, -0.15) is 0 Å². The number of aliphatic hydroxyl groups excluding tert-OH is 1. The van der Waals surface area contributed by atoms with Gasteiger partial charge in [0.25, 0.3) is 0 Å². The van der Waals surface area contributed by atoms with Crippen LogP contribution in [0.25, 0.3) is 0 Å². The number of aliphatic hydroxyl groups is 1. The van der Waals surface area contributed by atoms with Gasteiger partial charge in [0.05, 0.1) is 6.10 Å². The maximum absolute atomic E-state index is 12.8. The fourth-order valence-corrected chi connectivity index (χ4v) is 5.59. The summed E-state index contributed by atoms with van der Waals surface area (Å²) in [5, 5.41) is 10.8. The van der Waals surface area contributed by atoms with Crippen LogP contribution in [0, 0.1) is 5.92 Å². The Balaban J connectivity index is 0.00000228. The minimum absolute atomic E-state index is 0. The molecule has 9 heteroatoms. The highest BCUT2D eigenvalue weighted by Gasteiger charge is 2.35. The van der Waals surface area contributed by atoms with E-state index in [-0.39, 0.29) is 42.4 Å². The van der Waals surface area contributed by atoms with Crippen molar-refractivity contribution in [2.75, 3.05) is 32.7 Å². The predicted octanol–water partition coefficient (Wildman–Crippen LogP) is 6.44. The zero-order chi connectivity index (χ0) is 24.1. The molecule has 36 heavy (non-hydrogen) atoms.